The lowest BCUT2D eigenvalue weighted by Gasteiger charge is -2.41. The fourth-order valence-corrected chi connectivity index (χ4v) is 6.72. The number of benzene rings is 2. The van der Waals surface area contributed by atoms with Crippen LogP contribution in [0.15, 0.2) is 36.4 Å². The fraction of sp³-hybridized carbons (Fsp3) is 0.514. The molecule has 44 heavy (non-hydrogen) atoms. The molecule has 3 heterocycles. The first-order valence-electron chi connectivity index (χ1n) is 15.9. The third kappa shape index (κ3) is 7.00. The van der Waals surface area contributed by atoms with Crippen LogP contribution in [0.4, 0.5) is 10.1 Å². The van der Waals surface area contributed by atoms with Crippen molar-refractivity contribution in [1.29, 1.82) is 0 Å². The third-order valence-electron chi connectivity index (χ3n) is 9.15. The van der Waals surface area contributed by atoms with E-state index >= 15 is 0 Å². The van der Waals surface area contributed by atoms with Crippen molar-refractivity contribution < 1.29 is 19.0 Å². The van der Waals surface area contributed by atoms with Crippen molar-refractivity contribution in [1.82, 2.24) is 9.88 Å². The molecule has 0 saturated carbocycles. The molecule has 0 radical (unpaired) electrons. The SMILES string of the molecule is Cc1ccc(F)c(CN2CCc3cc(-c4c(C)nc(C)c([C@H](OC(C)(C)C)C(=O)O)c4N4CCC(C)(C)CC4)ccc3C2)c1. The lowest BCUT2D eigenvalue weighted by Crippen LogP contribution is -2.39. The number of rotatable bonds is 7. The zero-order valence-corrected chi connectivity index (χ0v) is 27.7. The van der Waals surface area contributed by atoms with Crippen molar-refractivity contribution in [3.63, 3.8) is 0 Å². The molecule has 5 rings (SSSR count). The number of pyridine rings is 1. The van der Waals surface area contributed by atoms with Gasteiger partial charge in [0.05, 0.1) is 11.3 Å². The van der Waals surface area contributed by atoms with Gasteiger partial charge in [-0.25, -0.2) is 9.18 Å². The van der Waals surface area contributed by atoms with E-state index in [1.54, 1.807) is 6.07 Å². The molecule has 2 aromatic carbocycles. The Balaban J connectivity index is 1.57. The molecule has 2 aliphatic rings. The van der Waals surface area contributed by atoms with Crippen molar-refractivity contribution in [3.05, 3.63) is 81.4 Å². The van der Waals surface area contributed by atoms with Gasteiger partial charge in [0.25, 0.3) is 0 Å². The van der Waals surface area contributed by atoms with Gasteiger partial charge in [0.15, 0.2) is 6.10 Å². The molecule has 1 aromatic heterocycles. The Morgan fingerprint density at radius 2 is 1.73 bits per heavy atom. The smallest absolute Gasteiger partial charge is 0.337 e. The van der Waals surface area contributed by atoms with Gasteiger partial charge in [-0.2, -0.15) is 0 Å². The van der Waals surface area contributed by atoms with Crippen LogP contribution in [0, 0.1) is 32.0 Å². The third-order valence-corrected chi connectivity index (χ3v) is 9.15. The molecule has 1 atom stereocenters. The number of ether oxygens (including phenoxy) is 1. The average molecular weight is 602 g/mol. The standard InChI is InChI=1S/C37H48FN3O3/c1-23-9-12-30(38)29(19-23)22-40-16-13-26-20-27(10-11-28(26)21-40)31-24(2)39-25(3)32(34(35(42)43)44-36(4,5)6)33(31)41-17-14-37(7,8)15-18-41/h9-12,19-20,34H,13-18,21-22H2,1-8H3,(H,42,43)/t34-/m0/s1. The number of carbonyl (C=O) groups is 1. The molecule has 6 nitrogen and oxygen atoms in total. The van der Waals surface area contributed by atoms with Crippen molar-refractivity contribution in [2.24, 2.45) is 5.41 Å². The second-order valence-electron chi connectivity index (χ2n) is 14.6. The van der Waals surface area contributed by atoms with Crippen LogP contribution in [0.2, 0.25) is 0 Å². The van der Waals surface area contributed by atoms with Crippen LogP contribution in [0.25, 0.3) is 11.1 Å². The second kappa shape index (κ2) is 12.2. The lowest BCUT2D eigenvalue weighted by molar-refractivity contribution is -0.160. The quantitative estimate of drug-likeness (QED) is 0.297. The summed E-state index contributed by atoms with van der Waals surface area (Å²) in [5.74, 6) is -1.16. The minimum Gasteiger partial charge on any atom is -0.479 e. The van der Waals surface area contributed by atoms with E-state index in [1.165, 1.54) is 11.1 Å². The maximum Gasteiger partial charge on any atom is 0.337 e. The molecule has 0 aliphatic carbocycles. The first-order valence-corrected chi connectivity index (χ1v) is 15.9. The number of halogens is 1. The van der Waals surface area contributed by atoms with E-state index in [-0.39, 0.29) is 11.2 Å². The predicted octanol–water partition coefficient (Wildman–Crippen LogP) is 7.94. The van der Waals surface area contributed by atoms with Crippen molar-refractivity contribution in [2.45, 2.75) is 99.4 Å². The van der Waals surface area contributed by atoms with Crippen LogP contribution in [0.1, 0.15) is 92.8 Å². The van der Waals surface area contributed by atoms with Gasteiger partial charge >= 0.3 is 5.97 Å². The summed E-state index contributed by atoms with van der Waals surface area (Å²) in [6.07, 6.45) is 1.76. The lowest BCUT2D eigenvalue weighted by atomic mass is 9.81. The Morgan fingerprint density at radius 1 is 1.02 bits per heavy atom. The Labute approximate surface area is 262 Å². The first kappa shape index (κ1) is 32.1. The number of nitrogens with zero attached hydrogens (tertiary/aromatic N) is 3. The molecule has 1 fully saturated rings. The highest BCUT2D eigenvalue weighted by molar-refractivity contribution is 5.88. The van der Waals surface area contributed by atoms with Gasteiger partial charge < -0.3 is 14.7 Å². The fourth-order valence-electron chi connectivity index (χ4n) is 6.72. The number of hydrogen-bond donors (Lipinski definition) is 1. The molecular formula is C37H48FN3O3. The highest BCUT2D eigenvalue weighted by atomic mass is 19.1. The number of aliphatic carboxylic acids is 1. The zero-order chi connectivity index (χ0) is 32.0. The number of aromatic nitrogens is 1. The minimum atomic E-state index is -1.14. The maximum atomic E-state index is 14.5. The van der Waals surface area contributed by atoms with E-state index in [1.807, 2.05) is 53.7 Å². The number of hydrogen-bond acceptors (Lipinski definition) is 5. The zero-order valence-electron chi connectivity index (χ0n) is 27.7. The number of aryl methyl sites for hydroxylation is 3. The summed E-state index contributed by atoms with van der Waals surface area (Å²) in [6, 6.07) is 11.9. The van der Waals surface area contributed by atoms with Crippen molar-refractivity contribution in [2.75, 3.05) is 24.5 Å². The molecule has 7 heteroatoms. The second-order valence-corrected chi connectivity index (χ2v) is 14.6. The summed E-state index contributed by atoms with van der Waals surface area (Å²) in [5.41, 5.74) is 9.11. The first-order chi connectivity index (χ1) is 20.6. The Morgan fingerprint density at radius 3 is 2.39 bits per heavy atom. The molecule has 0 unspecified atom stereocenters. The molecule has 2 aliphatic heterocycles. The topological polar surface area (TPSA) is 65.9 Å². The molecular weight excluding hydrogens is 553 g/mol. The van der Waals surface area contributed by atoms with E-state index in [0.717, 1.165) is 79.1 Å². The van der Waals surface area contributed by atoms with Crippen molar-refractivity contribution >= 4 is 11.7 Å². The number of piperidine rings is 1. The van der Waals surface area contributed by atoms with E-state index in [4.69, 9.17) is 9.72 Å². The summed E-state index contributed by atoms with van der Waals surface area (Å²) in [4.78, 5) is 22.4. The van der Waals surface area contributed by atoms with Gasteiger partial charge in [-0.1, -0.05) is 49.7 Å². The molecule has 0 amide bonds. The molecule has 0 bridgehead atoms. The summed E-state index contributed by atoms with van der Waals surface area (Å²) in [5, 5.41) is 10.5. The van der Waals surface area contributed by atoms with E-state index in [9.17, 15) is 14.3 Å². The molecule has 236 valence electrons. The van der Waals surface area contributed by atoms with E-state index in [2.05, 4.69) is 41.8 Å². The van der Waals surface area contributed by atoms with Crippen molar-refractivity contribution in [3.8, 4) is 11.1 Å². The van der Waals surface area contributed by atoms with Gasteiger partial charge in [0.2, 0.25) is 0 Å². The number of fused-ring (bicyclic) bond motifs is 1. The van der Waals surface area contributed by atoms with Crippen LogP contribution in [0.5, 0.6) is 0 Å². The van der Waals surface area contributed by atoms with Gasteiger partial charge in [0, 0.05) is 60.8 Å². The predicted molar refractivity (Wildman–Crippen MR) is 175 cm³/mol. The monoisotopic (exact) mass is 601 g/mol. The Kier molecular flexibility index (Phi) is 8.94. The molecule has 1 saturated heterocycles. The van der Waals surface area contributed by atoms with Gasteiger partial charge in [0.1, 0.15) is 5.82 Å². The number of anilines is 1. The van der Waals surface area contributed by atoms with Gasteiger partial charge in [-0.3, -0.25) is 9.88 Å². The normalized spacial score (nSPS) is 17.8. The van der Waals surface area contributed by atoms with Crippen LogP contribution in [0.3, 0.4) is 0 Å². The summed E-state index contributed by atoms with van der Waals surface area (Å²) in [6.45, 7) is 20.1. The highest BCUT2D eigenvalue weighted by Gasteiger charge is 2.36. The van der Waals surface area contributed by atoms with E-state index in [0.29, 0.717) is 17.8 Å². The Hall–Kier alpha value is -3.29. The number of carboxylic acid groups (broad SMARTS) is 1. The molecule has 0 spiro atoms. The molecule has 3 aromatic rings. The van der Waals surface area contributed by atoms with Gasteiger partial charge in [-0.05, 0) is 89.0 Å². The average Bonchev–Trinajstić information content (AvgIpc) is 2.93. The van der Waals surface area contributed by atoms with Crippen LogP contribution < -0.4 is 4.90 Å². The minimum absolute atomic E-state index is 0.154. The molecule has 1 N–H and O–H groups in total. The van der Waals surface area contributed by atoms with Crippen LogP contribution in [-0.2, 0) is 29.0 Å². The van der Waals surface area contributed by atoms with E-state index < -0.39 is 17.7 Å². The summed E-state index contributed by atoms with van der Waals surface area (Å²) < 4.78 is 20.7. The van der Waals surface area contributed by atoms with Crippen LogP contribution in [-0.4, -0.2) is 46.2 Å². The summed E-state index contributed by atoms with van der Waals surface area (Å²) in [7, 11) is 0. The van der Waals surface area contributed by atoms with Crippen LogP contribution >= 0.6 is 0 Å². The maximum absolute atomic E-state index is 14.5. The highest BCUT2D eigenvalue weighted by Crippen LogP contribution is 2.45. The number of carboxylic acids is 1. The van der Waals surface area contributed by atoms with Gasteiger partial charge in [-0.15, -0.1) is 0 Å². The Bertz CT molecular complexity index is 1550. The summed E-state index contributed by atoms with van der Waals surface area (Å²) >= 11 is 0. The largest absolute Gasteiger partial charge is 0.479 e.